The quantitative estimate of drug-likeness (QED) is 0.0469. The maximum Gasteiger partial charge on any atom is 0.397 e. The first kappa shape index (κ1) is 47.4. The highest BCUT2D eigenvalue weighted by molar-refractivity contribution is 7.91. The van der Waals surface area contributed by atoms with Gasteiger partial charge in [-0.15, -0.1) is 20.5 Å². The van der Waals surface area contributed by atoms with Gasteiger partial charge in [-0.3, -0.25) is 18.2 Å². The molecule has 0 fully saturated rings. The van der Waals surface area contributed by atoms with E-state index >= 15 is 0 Å². The molecule has 4 aromatic rings. The number of azo groups is 3. The van der Waals surface area contributed by atoms with Crippen LogP contribution < -0.4 is 11.5 Å². The topological polar surface area (TPSA) is 430 Å². The molecular formula is C28H28N8O18S6. The largest absolute Gasteiger partial charge is 0.397 e. The zero-order chi connectivity index (χ0) is 44.9. The van der Waals surface area contributed by atoms with Gasteiger partial charge in [0.1, 0.15) is 27.6 Å². The smallest absolute Gasteiger partial charge is 0.395 e. The van der Waals surface area contributed by atoms with Crippen LogP contribution in [0.15, 0.2) is 123 Å². The third kappa shape index (κ3) is 13.4. The molecule has 0 unspecified atom stereocenters. The molecule has 324 valence electrons. The summed E-state index contributed by atoms with van der Waals surface area (Å²) in [7, 11) is -28.0. The highest BCUT2D eigenvalue weighted by Crippen LogP contribution is 2.45. The van der Waals surface area contributed by atoms with Gasteiger partial charge in [0, 0.05) is 0 Å². The van der Waals surface area contributed by atoms with E-state index in [-0.39, 0.29) is 32.5 Å². The van der Waals surface area contributed by atoms with Gasteiger partial charge in [0.05, 0.1) is 62.2 Å². The van der Waals surface area contributed by atoms with Crippen molar-refractivity contribution >= 4 is 106 Å². The number of hydrogen-bond acceptors (Lipinski definition) is 22. The maximum absolute atomic E-state index is 12.5. The fourth-order valence-electron chi connectivity index (χ4n) is 4.40. The van der Waals surface area contributed by atoms with Gasteiger partial charge in [0.2, 0.25) is 0 Å². The molecule has 0 atom stereocenters. The normalized spacial score (nSPS) is 13.5. The summed E-state index contributed by atoms with van der Waals surface area (Å²) in [6, 6.07) is 11.9. The van der Waals surface area contributed by atoms with Crippen LogP contribution >= 0.6 is 0 Å². The molecule has 8 N–H and O–H groups in total. The minimum absolute atomic E-state index is 0.00475. The molecule has 0 amide bonds. The second-order valence-electron chi connectivity index (χ2n) is 11.4. The van der Waals surface area contributed by atoms with Gasteiger partial charge >= 0.3 is 20.8 Å². The highest BCUT2D eigenvalue weighted by atomic mass is 32.3. The summed E-state index contributed by atoms with van der Waals surface area (Å²) in [5, 5.41) is 23.4. The first-order chi connectivity index (χ1) is 27.6. The third-order valence-corrected chi connectivity index (χ3v) is 13.3. The second kappa shape index (κ2) is 18.2. The van der Waals surface area contributed by atoms with Crippen molar-refractivity contribution in [2.45, 2.75) is 19.6 Å². The second-order valence-corrected chi connectivity index (χ2v) is 20.6. The van der Waals surface area contributed by atoms with Crippen LogP contribution in [-0.4, -0.2) is 93.4 Å². The monoisotopic (exact) mass is 956 g/mol. The predicted molar refractivity (Wildman–Crippen MR) is 206 cm³/mol. The van der Waals surface area contributed by atoms with Crippen LogP contribution in [0.5, 0.6) is 0 Å². The number of sulfone groups is 2. The van der Waals surface area contributed by atoms with E-state index in [0.717, 1.165) is 30.3 Å². The Labute approximate surface area is 340 Å². The van der Waals surface area contributed by atoms with E-state index in [9.17, 15) is 59.6 Å². The Hall–Kier alpha value is -5.26. The van der Waals surface area contributed by atoms with Gasteiger partial charge in [-0.2, -0.15) is 43.9 Å². The average molecular weight is 957 g/mol. The first-order valence-corrected chi connectivity index (χ1v) is 24.4. The number of rotatable bonds is 18. The molecular weight excluding hydrogens is 929 g/mol. The lowest BCUT2D eigenvalue weighted by Gasteiger charge is -2.10. The molecule has 0 spiro atoms. The summed E-state index contributed by atoms with van der Waals surface area (Å²) < 4.78 is 185. The van der Waals surface area contributed by atoms with Crippen molar-refractivity contribution in [1.29, 1.82) is 0 Å². The van der Waals surface area contributed by atoms with E-state index in [1.165, 1.54) is 24.3 Å². The Morgan fingerprint density at radius 1 is 0.450 bits per heavy atom. The zero-order valence-corrected chi connectivity index (χ0v) is 34.4. The van der Waals surface area contributed by atoms with E-state index in [1.54, 1.807) is 0 Å². The first-order valence-electron chi connectivity index (χ1n) is 15.5. The molecule has 32 heteroatoms. The number of nitrogens with two attached hydrogens (primary N) is 2. The van der Waals surface area contributed by atoms with Crippen LogP contribution in [0, 0.1) is 0 Å². The number of benzene rings is 4. The van der Waals surface area contributed by atoms with E-state index in [4.69, 9.17) is 20.6 Å². The summed E-state index contributed by atoms with van der Waals surface area (Å²) in [6.07, 6.45) is 0. The van der Waals surface area contributed by atoms with Crippen LogP contribution in [-0.2, 0) is 69.1 Å². The average Bonchev–Trinajstić information content (AvgIpc) is 3.12. The maximum atomic E-state index is 12.5. The molecule has 4 aromatic carbocycles. The number of anilines is 2. The Morgan fingerprint density at radius 3 is 1.23 bits per heavy atom. The third-order valence-electron chi connectivity index (χ3n) is 7.21. The molecule has 0 aromatic heterocycles. The summed E-state index contributed by atoms with van der Waals surface area (Å²) in [6.45, 7) is -1.77. The molecule has 0 aliphatic heterocycles. The fourth-order valence-corrected chi connectivity index (χ4v) is 8.48. The summed E-state index contributed by atoms with van der Waals surface area (Å²) in [5.74, 6) is -1.65. The molecule has 60 heavy (non-hydrogen) atoms. The molecule has 0 saturated heterocycles. The molecule has 0 bridgehead atoms. The number of hydrogen-bond donors (Lipinski definition) is 6. The number of nitrogen functional groups attached to an aromatic ring is 2. The van der Waals surface area contributed by atoms with Crippen LogP contribution in [0.1, 0.15) is 0 Å². The Bertz CT molecular complexity index is 3070. The van der Waals surface area contributed by atoms with Crippen LogP contribution in [0.3, 0.4) is 0 Å². The Morgan fingerprint density at radius 2 is 0.833 bits per heavy atom. The van der Waals surface area contributed by atoms with Crippen molar-refractivity contribution < 1.29 is 77.1 Å². The van der Waals surface area contributed by atoms with Crippen molar-refractivity contribution in [3.05, 3.63) is 72.8 Å². The fraction of sp³-hybridized carbons (Fsp3) is 0.143. The Balaban J connectivity index is 1.76. The summed E-state index contributed by atoms with van der Waals surface area (Å²) in [5.41, 5.74) is 9.87. The van der Waals surface area contributed by atoms with Gasteiger partial charge in [0.25, 0.3) is 20.2 Å². The summed E-state index contributed by atoms with van der Waals surface area (Å²) in [4.78, 5) is -2.38. The van der Waals surface area contributed by atoms with Gasteiger partial charge in [-0.25, -0.2) is 25.2 Å². The van der Waals surface area contributed by atoms with E-state index < -0.39 is 118 Å². The van der Waals surface area contributed by atoms with E-state index in [2.05, 4.69) is 39.1 Å². The van der Waals surface area contributed by atoms with Crippen molar-refractivity contribution in [3.8, 4) is 0 Å². The molecule has 4 rings (SSSR count). The SMILES string of the molecule is Nc1c(N=Nc2ccc(S(=O)(=O)CCOS(=O)(=O)O)cc2)cc(N=Nc2cc(S(=O)(=O)O)ccc2S(=O)(=O)O)c(N)c1N=Nc1ccc(S(=O)(=O)CCOS(=O)(=O)O)cc1. The number of nitrogens with zero attached hydrogens (tertiary/aromatic N) is 6. The minimum Gasteiger partial charge on any atom is -0.395 e. The molecule has 26 nitrogen and oxygen atoms in total. The van der Waals surface area contributed by atoms with Gasteiger partial charge in [-0.1, -0.05) is 0 Å². The van der Waals surface area contributed by atoms with Gasteiger partial charge in [-0.05, 0) is 72.8 Å². The summed E-state index contributed by atoms with van der Waals surface area (Å²) >= 11 is 0. The lowest BCUT2D eigenvalue weighted by Crippen LogP contribution is -2.15. The van der Waals surface area contributed by atoms with Crippen molar-refractivity contribution in [3.63, 3.8) is 0 Å². The van der Waals surface area contributed by atoms with E-state index in [0.29, 0.717) is 18.2 Å². The molecule has 0 heterocycles. The molecule has 0 aliphatic carbocycles. The van der Waals surface area contributed by atoms with Crippen molar-refractivity contribution in [1.82, 2.24) is 0 Å². The van der Waals surface area contributed by atoms with Crippen LogP contribution in [0.25, 0.3) is 0 Å². The molecule has 0 aliphatic rings. The Kier molecular flexibility index (Phi) is 14.3. The zero-order valence-electron chi connectivity index (χ0n) is 29.5. The molecule has 0 radical (unpaired) electrons. The predicted octanol–water partition coefficient (Wildman–Crippen LogP) is 3.78. The van der Waals surface area contributed by atoms with E-state index in [1.807, 2.05) is 0 Å². The minimum atomic E-state index is -5.06. The standard InChI is InChI=1S/C28H28N8O18S6/c29-26-23(34-31-17-1-5-19(6-2-17)55(37,38)13-11-53-59(47,48)49)16-24(35-33-22-15-21(57(41,42)43)9-10-25(22)58(44,45)46)27(30)28(26)36-32-18-3-7-20(8-4-18)56(39,40)14-12-54-60(50,51)52/h1-10,15-16H,11-14,29-30H2,(H,41,42,43)(H,44,45,46)(H,47,48,49)(H,50,51,52). The lowest BCUT2D eigenvalue weighted by atomic mass is 10.2. The van der Waals surface area contributed by atoms with Crippen LogP contribution in [0.4, 0.5) is 45.5 Å². The molecule has 0 saturated carbocycles. The van der Waals surface area contributed by atoms with Gasteiger partial charge in [0.15, 0.2) is 19.7 Å². The van der Waals surface area contributed by atoms with Crippen molar-refractivity contribution in [2.75, 3.05) is 36.2 Å². The van der Waals surface area contributed by atoms with Gasteiger partial charge < -0.3 is 11.5 Å². The lowest BCUT2D eigenvalue weighted by molar-refractivity contribution is 0.282. The van der Waals surface area contributed by atoms with Crippen molar-refractivity contribution in [2.24, 2.45) is 30.7 Å². The highest BCUT2D eigenvalue weighted by Gasteiger charge is 2.22. The van der Waals surface area contributed by atoms with Crippen LogP contribution in [0.2, 0.25) is 0 Å².